The molecule has 17 heteroatoms. The van der Waals surface area contributed by atoms with Crippen molar-refractivity contribution >= 4 is 17.7 Å². The number of Topliss-reactive ketones (excluding diaryl/α,β-unsaturated/α-hetero) is 1. The molecular formula is C52H86N2O15. The number of esters is 1. The molecule has 0 aromatic heterocycles. The van der Waals surface area contributed by atoms with E-state index in [0.29, 0.717) is 25.9 Å². The summed E-state index contributed by atoms with van der Waals surface area (Å²) in [5.41, 5.74) is -1.98. The number of aryl methyl sites for hydroxylation is 1. The number of nitrogens with zero attached hydrogens (tertiary/aromatic N) is 1. The molecule has 1 aromatic carbocycles. The van der Waals surface area contributed by atoms with Crippen LogP contribution in [0.1, 0.15) is 131 Å². The fraction of sp³-hybridized carbons (Fsp3) is 0.827. The monoisotopic (exact) mass is 979 g/mol. The number of fused-ring (bicyclic) bond motifs is 1. The number of carbonyl (C=O) groups excluding carboxylic acids is 3. The van der Waals surface area contributed by atoms with Gasteiger partial charge in [-0.05, 0) is 111 Å². The number of ether oxygens (including phenoxy) is 8. The minimum Gasteiger partial charge on any atom is -0.459 e. The third-order valence-electron chi connectivity index (χ3n) is 15.9. The maximum atomic E-state index is 14.4. The number of nitrogens with one attached hydrogen (secondary N) is 1. The highest BCUT2D eigenvalue weighted by molar-refractivity contribution is 5.83. The molecule has 3 saturated heterocycles. The number of benzene rings is 1. The quantitative estimate of drug-likeness (QED) is 0.121. The van der Waals surface area contributed by atoms with Gasteiger partial charge in [-0.3, -0.25) is 14.4 Å². The van der Waals surface area contributed by atoms with Crippen molar-refractivity contribution in [1.29, 1.82) is 0 Å². The van der Waals surface area contributed by atoms with E-state index in [1.54, 1.807) is 48.5 Å². The van der Waals surface area contributed by atoms with E-state index in [0.717, 1.165) is 24.8 Å². The summed E-state index contributed by atoms with van der Waals surface area (Å²) in [6.07, 6.45) is -6.17. The van der Waals surface area contributed by atoms with E-state index < -0.39 is 108 Å². The maximum Gasteiger partial charge on any atom is 0.311 e. The zero-order chi connectivity index (χ0) is 51.2. The molecule has 5 rings (SSSR count). The van der Waals surface area contributed by atoms with Crippen LogP contribution in [0.25, 0.3) is 0 Å². The summed E-state index contributed by atoms with van der Waals surface area (Å²) in [5, 5.41) is 49.6. The molecule has 0 saturated carbocycles. The lowest BCUT2D eigenvalue weighted by Crippen LogP contribution is -2.61. The molecule has 4 aliphatic rings. The molecule has 0 unspecified atom stereocenters. The van der Waals surface area contributed by atoms with E-state index in [1.807, 2.05) is 37.9 Å². The highest BCUT2D eigenvalue weighted by Gasteiger charge is 2.54. The van der Waals surface area contributed by atoms with Crippen LogP contribution in [0.5, 0.6) is 0 Å². The van der Waals surface area contributed by atoms with Gasteiger partial charge in [0, 0.05) is 51.0 Å². The summed E-state index contributed by atoms with van der Waals surface area (Å²) in [6, 6.07) is 7.79. The van der Waals surface area contributed by atoms with Crippen LogP contribution in [-0.2, 0) is 58.7 Å². The smallest absolute Gasteiger partial charge is 0.311 e. The van der Waals surface area contributed by atoms with E-state index >= 15 is 0 Å². The van der Waals surface area contributed by atoms with Crippen molar-refractivity contribution in [3.05, 3.63) is 35.4 Å². The lowest BCUT2D eigenvalue weighted by atomic mass is 9.74. The Morgan fingerprint density at radius 1 is 0.913 bits per heavy atom. The van der Waals surface area contributed by atoms with Gasteiger partial charge in [-0.15, -0.1) is 0 Å². The number of ketones is 1. The summed E-state index contributed by atoms with van der Waals surface area (Å²) >= 11 is 0. The van der Waals surface area contributed by atoms with Gasteiger partial charge in [0.1, 0.15) is 36.3 Å². The summed E-state index contributed by atoms with van der Waals surface area (Å²) in [7, 11) is 4.91. The summed E-state index contributed by atoms with van der Waals surface area (Å²) in [6.45, 7) is 17.9. The molecule has 1 aliphatic carbocycles. The average Bonchev–Trinajstić information content (AvgIpc) is 3.32. The van der Waals surface area contributed by atoms with Crippen molar-refractivity contribution < 1.29 is 72.7 Å². The van der Waals surface area contributed by atoms with Gasteiger partial charge in [-0.2, -0.15) is 0 Å². The van der Waals surface area contributed by atoms with Gasteiger partial charge in [0.05, 0.1) is 53.7 Å². The first-order valence-electron chi connectivity index (χ1n) is 25.3. The molecule has 3 heterocycles. The highest BCUT2D eigenvalue weighted by Crippen LogP contribution is 2.42. The Morgan fingerprint density at radius 2 is 1.59 bits per heavy atom. The second-order valence-corrected chi connectivity index (χ2v) is 21.2. The topological polar surface area (TPSA) is 221 Å². The number of hydrogen-bond acceptors (Lipinski definition) is 16. The van der Waals surface area contributed by atoms with Crippen molar-refractivity contribution in [3.63, 3.8) is 0 Å². The first-order valence-corrected chi connectivity index (χ1v) is 25.3. The van der Waals surface area contributed by atoms with Crippen molar-refractivity contribution in [2.24, 2.45) is 23.7 Å². The van der Waals surface area contributed by atoms with Crippen molar-refractivity contribution in [1.82, 2.24) is 10.2 Å². The molecule has 394 valence electrons. The van der Waals surface area contributed by atoms with Crippen LogP contribution in [-0.4, -0.2) is 168 Å². The van der Waals surface area contributed by atoms with E-state index in [2.05, 4.69) is 17.4 Å². The average molecular weight is 979 g/mol. The zero-order valence-electron chi connectivity index (χ0n) is 43.6. The van der Waals surface area contributed by atoms with Crippen LogP contribution in [0.4, 0.5) is 0 Å². The summed E-state index contributed by atoms with van der Waals surface area (Å²) in [4.78, 5) is 43.6. The number of aliphatic hydroxyl groups is 4. The number of carbonyl (C=O) groups is 3. The van der Waals surface area contributed by atoms with Gasteiger partial charge < -0.3 is 68.5 Å². The number of amides is 1. The molecule has 1 amide bonds. The van der Waals surface area contributed by atoms with Crippen LogP contribution in [0.15, 0.2) is 24.3 Å². The fourth-order valence-corrected chi connectivity index (χ4v) is 11.3. The Bertz CT molecular complexity index is 1840. The number of aliphatic hydroxyl groups excluding tert-OH is 3. The number of rotatable bonds is 15. The Labute approximate surface area is 410 Å². The van der Waals surface area contributed by atoms with E-state index in [9.17, 15) is 34.8 Å². The van der Waals surface area contributed by atoms with Gasteiger partial charge >= 0.3 is 5.97 Å². The number of hydrogen-bond donors (Lipinski definition) is 5. The van der Waals surface area contributed by atoms with Crippen molar-refractivity contribution in [2.45, 2.75) is 211 Å². The van der Waals surface area contributed by atoms with Crippen LogP contribution >= 0.6 is 0 Å². The summed E-state index contributed by atoms with van der Waals surface area (Å²) < 4.78 is 50.7. The molecule has 3 aliphatic heterocycles. The number of cyclic esters (lactones) is 1. The lowest BCUT2D eigenvalue weighted by Gasteiger charge is -2.50. The van der Waals surface area contributed by atoms with Gasteiger partial charge in [-0.25, -0.2) is 0 Å². The van der Waals surface area contributed by atoms with E-state index in [-0.39, 0.29) is 49.8 Å². The molecule has 0 bridgehead atoms. The normalized spacial score (nSPS) is 41.8. The number of methoxy groups -OCH3 is 2. The van der Waals surface area contributed by atoms with E-state index in [4.69, 9.17) is 37.9 Å². The zero-order valence-corrected chi connectivity index (χ0v) is 43.6. The Kier molecular flexibility index (Phi) is 20.2. The molecule has 5 N–H and O–H groups in total. The van der Waals surface area contributed by atoms with Gasteiger partial charge in [-0.1, -0.05) is 52.0 Å². The first kappa shape index (κ1) is 57.3. The predicted octanol–water partition coefficient (Wildman–Crippen LogP) is 4.41. The SMILES string of the molecule is CC[C@H]1OC(=O)[C@H](C)[C@@H](O[C@H]2C[C@@](C)(OC)[C@@H](O)[C@H](C)O2)[C@H](C)[C@@H](O[C@H]2O[C@H](C)C[C@H](N(C)CCCNC(=O)CO[C@H]3CCCc4ccccc43)[C@H]2O)[C@](C)(OC)C[C@@H](C)C(=O)[C@H](C)[C@@H](O)[C@]1(C)O. The second-order valence-electron chi connectivity index (χ2n) is 21.2. The molecule has 19 atom stereocenters. The fourth-order valence-electron chi connectivity index (χ4n) is 11.3. The van der Waals surface area contributed by atoms with Crippen LogP contribution in [0, 0.1) is 23.7 Å². The van der Waals surface area contributed by atoms with Gasteiger partial charge in [0.25, 0.3) is 0 Å². The first-order chi connectivity index (χ1) is 32.4. The summed E-state index contributed by atoms with van der Waals surface area (Å²) in [5.74, 6) is -4.92. The third-order valence-corrected chi connectivity index (χ3v) is 15.9. The lowest BCUT2D eigenvalue weighted by molar-refractivity contribution is -0.319. The standard InChI is InChI=1S/C52H86N2O15/c1-14-39-52(10,61)45(58)31(4)42(56)29(2)26-51(9,63-13)47(32(5)44(33(6)48(60)67-39)68-41-27-50(8,62-12)46(59)34(7)66-41)69-49-43(57)37(25-30(3)65-49)54(11)24-18-23-53-40(55)28-64-38-22-17-20-35-19-15-16-21-36(35)38/h15-16,19,21,29-34,37-39,41,43-47,49,57-59,61H,14,17-18,20,22-28H2,1-13H3,(H,53,55)/t29-,30-,31+,32+,33-,34+,37+,38+,39-,41+,43-,44+,45-,46+,47-,49-,50-,51-,52-/m1/s1. The van der Waals surface area contributed by atoms with Crippen molar-refractivity contribution in [3.8, 4) is 0 Å². The largest absolute Gasteiger partial charge is 0.459 e. The molecule has 17 nitrogen and oxygen atoms in total. The second kappa shape index (κ2) is 24.4. The minimum atomic E-state index is -2.00. The Morgan fingerprint density at radius 3 is 2.26 bits per heavy atom. The molecule has 69 heavy (non-hydrogen) atoms. The van der Waals surface area contributed by atoms with Crippen LogP contribution in [0.3, 0.4) is 0 Å². The van der Waals surface area contributed by atoms with Crippen molar-refractivity contribution in [2.75, 3.05) is 41.0 Å². The molecule has 1 aromatic rings. The molecular weight excluding hydrogens is 893 g/mol. The molecule has 0 spiro atoms. The maximum absolute atomic E-state index is 14.4. The third kappa shape index (κ3) is 13.3. The minimum absolute atomic E-state index is 0.0341. The Hall–Kier alpha value is -2.65. The van der Waals surface area contributed by atoms with E-state index in [1.165, 1.54) is 26.7 Å². The molecule has 0 radical (unpaired) electrons. The molecule has 3 fully saturated rings. The van der Waals surface area contributed by atoms with Gasteiger partial charge in [0.2, 0.25) is 5.91 Å². The van der Waals surface area contributed by atoms with Crippen LogP contribution < -0.4 is 5.32 Å². The van der Waals surface area contributed by atoms with Gasteiger partial charge in [0.15, 0.2) is 12.6 Å². The number of likely N-dealkylation sites (N-methyl/N-ethyl adjacent to an activating group) is 1. The van der Waals surface area contributed by atoms with Crippen LogP contribution in [0.2, 0.25) is 0 Å². The Balaban J connectivity index is 1.39. The highest BCUT2D eigenvalue weighted by atomic mass is 16.7. The predicted molar refractivity (Wildman–Crippen MR) is 256 cm³/mol.